The van der Waals surface area contributed by atoms with Gasteiger partial charge in [0, 0.05) is 17.2 Å². The van der Waals surface area contributed by atoms with Crippen LogP contribution < -0.4 is 5.32 Å². The molecule has 21 heavy (non-hydrogen) atoms. The average Bonchev–Trinajstić information content (AvgIpc) is 3.14. The number of rotatable bonds is 3. The van der Waals surface area contributed by atoms with Gasteiger partial charge in [0.1, 0.15) is 5.69 Å². The van der Waals surface area contributed by atoms with Crippen molar-refractivity contribution in [1.82, 2.24) is 15.5 Å². The third-order valence-corrected chi connectivity index (χ3v) is 6.26. The topological polar surface area (TPSA) is 57.8 Å². The van der Waals surface area contributed by atoms with Crippen molar-refractivity contribution in [3.8, 4) is 0 Å². The smallest absolute Gasteiger partial charge is 0.272 e. The number of nitrogens with one attached hydrogen (secondary N) is 2. The number of amides is 1. The maximum Gasteiger partial charge on any atom is 0.272 e. The van der Waals surface area contributed by atoms with E-state index < -0.39 is 0 Å². The highest BCUT2D eigenvalue weighted by Gasteiger charge is 2.51. The van der Waals surface area contributed by atoms with E-state index in [0.717, 1.165) is 23.4 Å². The summed E-state index contributed by atoms with van der Waals surface area (Å²) < 4.78 is 0. The highest BCUT2D eigenvalue weighted by molar-refractivity contribution is 5.93. The van der Waals surface area contributed by atoms with Crippen LogP contribution in [0, 0.1) is 17.8 Å². The molecule has 4 bridgehead atoms. The summed E-state index contributed by atoms with van der Waals surface area (Å²) in [6.45, 7) is 0. The summed E-state index contributed by atoms with van der Waals surface area (Å²) >= 11 is 0. The molecular formula is C17H23N3O. The standard InChI is InChI=1S/C17H23N3O/c21-16(15-6-14(19-20-15)13-1-2-13)18-17-7-10-3-11(8-17)5-12(4-10)9-17/h6,10-13H,1-5,7-9H2,(H,18,21)(H,19,20). The number of aromatic amines is 1. The minimum atomic E-state index is 0.0418. The van der Waals surface area contributed by atoms with Gasteiger partial charge in [0.15, 0.2) is 0 Å². The Bertz CT molecular complexity index is 551. The molecule has 5 saturated carbocycles. The fourth-order valence-electron chi connectivity index (χ4n) is 5.63. The van der Waals surface area contributed by atoms with E-state index in [2.05, 4.69) is 15.5 Å². The predicted molar refractivity (Wildman–Crippen MR) is 78.9 cm³/mol. The summed E-state index contributed by atoms with van der Waals surface area (Å²) in [7, 11) is 0. The summed E-state index contributed by atoms with van der Waals surface area (Å²) in [5.74, 6) is 3.24. The Morgan fingerprint density at radius 2 is 1.76 bits per heavy atom. The average molecular weight is 285 g/mol. The second-order valence-electron chi connectivity index (χ2n) is 8.13. The van der Waals surface area contributed by atoms with Gasteiger partial charge >= 0.3 is 0 Å². The van der Waals surface area contributed by atoms with Crippen molar-refractivity contribution in [3.05, 3.63) is 17.5 Å². The van der Waals surface area contributed by atoms with Gasteiger partial charge in [-0.15, -0.1) is 0 Å². The van der Waals surface area contributed by atoms with Crippen LogP contribution in [0.2, 0.25) is 0 Å². The van der Waals surface area contributed by atoms with Gasteiger partial charge in [-0.1, -0.05) is 0 Å². The fourth-order valence-corrected chi connectivity index (χ4v) is 5.63. The summed E-state index contributed by atoms with van der Waals surface area (Å²) in [6.07, 6.45) is 10.3. The number of nitrogens with zero attached hydrogens (tertiary/aromatic N) is 1. The van der Waals surface area contributed by atoms with Crippen molar-refractivity contribution in [2.75, 3.05) is 0 Å². The molecule has 4 heteroatoms. The first-order valence-corrected chi connectivity index (χ1v) is 8.57. The molecule has 112 valence electrons. The molecule has 0 saturated heterocycles. The van der Waals surface area contributed by atoms with Crippen molar-refractivity contribution in [1.29, 1.82) is 0 Å². The molecule has 1 aromatic rings. The molecule has 0 unspecified atom stereocenters. The van der Waals surface area contributed by atoms with Crippen molar-refractivity contribution in [2.45, 2.75) is 62.8 Å². The second-order valence-corrected chi connectivity index (χ2v) is 8.13. The van der Waals surface area contributed by atoms with Gasteiger partial charge in [-0.25, -0.2) is 0 Å². The lowest BCUT2D eigenvalue weighted by Gasteiger charge is -2.56. The molecule has 6 rings (SSSR count). The van der Waals surface area contributed by atoms with E-state index >= 15 is 0 Å². The van der Waals surface area contributed by atoms with E-state index in [4.69, 9.17) is 0 Å². The zero-order valence-electron chi connectivity index (χ0n) is 12.4. The van der Waals surface area contributed by atoms with E-state index in [9.17, 15) is 4.79 Å². The molecule has 0 radical (unpaired) electrons. The van der Waals surface area contributed by atoms with Crippen molar-refractivity contribution >= 4 is 5.91 Å². The van der Waals surface area contributed by atoms with Crippen LogP contribution in [0.3, 0.4) is 0 Å². The van der Waals surface area contributed by atoms with Crippen LogP contribution in [0.25, 0.3) is 0 Å². The molecule has 1 amide bonds. The molecule has 0 spiro atoms. The van der Waals surface area contributed by atoms with Gasteiger partial charge in [0.2, 0.25) is 0 Å². The molecule has 2 N–H and O–H groups in total. The summed E-state index contributed by atoms with van der Waals surface area (Å²) in [5.41, 5.74) is 1.82. The van der Waals surface area contributed by atoms with Gasteiger partial charge in [-0.3, -0.25) is 9.89 Å². The fraction of sp³-hybridized carbons (Fsp3) is 0.765. The first-order chi connectivity index (χ1) is 10.2. The molecule has 0 atom stereocenters. The highest BCUT2D eigenvalue weighted by Crippen LogP contribution is 2.55. The first kappa shape index (κ1) is 12.2. The van der Waals surface area contributed by atoms with Crippen LogP contribution in [-0.4, -0.2) is 21.6 Å². The molecule has 5 aliphatic carbocycles. The quantitative estimate of drug-likeness (QED) is 0.897. The molecule has 0 aliphatic heterocycles. The Morgan fingerprint density at radius 3 is 2.33 bits per heavy atom. The third kappa shape index (κ3) is 2.02. The lowest BCUT2D eigenvalue weighted by molar-refractivity contribution is -0.0167. The van der Waals surface area contributed by atoms with E-state index in [0.29, 0.717) is 11.6 Å². The van der Waals surface area contributed by atoms with Gasteiger partial charge in [-0.2, -0.15) is 5.10 Å². The SMILES string of the molecule is O=C(NC12CC3CC(CC(C3)C1)C2)c1cc(C2CC2)[nH]n1. The van der Waals surface area contributed by atoms with Crippen LogP contribution in [0.5, 0.6) is 0 Å². The maximum absolute atomic E-state index is 12.6. The molecule has 0 aromatic carbocycles. The Hall–Kier alpha value is -1.32. The Kier molecular flexibility index (Phi) is 2.40. The van der Waals surface area contributed by atoms with Gasteiger partial charge < -0.3 is 5.32 Å². The van der Waals surface area contributed by atoms with Gasteiger partial charge in [0.05, 0.1) is 0 Å². The number of hydrogen-bond donors (Lipinski definition) is 2. The Labute approximate surface area is 125 Å². The van der Waals surface area contributed by atoms with E-state index in [1.165, 1.54) is 51.4 Å². The van der Waals surface area contributed by atoms with E-state index in [-0.39, 0.29) is 11.4 Å². The number of carbonyl (C=O) groups excluding carboxylic acids is 1. The van der Waals surface area contributed by atoms with Crippen LogP contribution >= 0.6 is 0 Å². The van der Waals surface area contributed by atoms with Crippen molar-refractivity contribution in [3.63, 3.8) is 0 Å². The van der Waals surface area contributed by atoms with Crippen LogP contribution in [0.4, 0.5) is 0 Å². The second kappa shape index (κ2) is 4.11. The lowest BCUT2D eigenvalue weighted by Crippen LogP contribution is -2.59. The third-order valence-electron chi connectivity index (χ3n) is 6.26. The van der Waals surface area contributed by atoms with Gasteiger partial charge in [0.25, 0.3) is 5.91 Å². The maximum atomic E-state index is 12.6. The van der Waals surface area contributed by atoms with E-state index in [1.807, 2.05) is 6.07 Å². The number of aromatic nitrogens is 2. The monoisotopic (exact) mass is 285 g/mol. The Balaban J connectivity index is 1.35. The molecular weight excluding hydrogens is 262 g/mol. The summed E-state index contributed by atoms with van der Waals surface area (Å²) in [5, 5.41) is 10.7. The molecule has 1 heterocycles. The largest absolute Gasteiger partial charge is 0.345 e. The van der Waals surface area contributed by atoms with Crippen LogP contribution in [-0.2, 0) is 0 Å². The number of carbonyl (C=O) groups is 1. The minimum absolute atomic E-state index is 0.0418. The minimum Gasteiger partial charge on any atom is -0.345 e. The van der Waals surface area contributed by atoms with Crippen LogP contribution in [0.15, 0.2) is 6.07 Å². The normalized spacial score (nSPS) is 40.5. The summed E-state index contributed by atoms with van der Waals surface area (Å²) in [4.78, 5) is 12.6. The molecule has 1 aromatic heterocycles. The molecule has 5 fully saturated rings. The zero-order chi connectivity index (χ0) is 14.0. The van der Waals surface area contributed by atoms with Crippen LogP contribution in [0.1, 0.15) is 73.5 Å². The first-order valence-electron chi connectivity index (χ1n) is 8.57. The molecule has 4 nitrogen and oxygen atoms in total. The Morgan fingerprint density at radius 1 is 1.14 bits per heavy atom. The number of H-pyrrole nitrogens is 1. The van der Waals surface area contributed by atoms with Crippen molar-refractivity contribution in [2.24, 2.45) is 17.8 Å². The summed E-state index contributed by atoms with van der Waals surface area (Å²) in [6, 6.07) is 1.97. The molecule has 5 aliphatic rings. The number of hydrogen-bond acceptors (Lipinski definition) is 2. The zero-order valence-corrected chi connectivity index (χ0v) is 12.4. The predicted octanol–water partition coefficient (Wildman–Crippen LogP) is 2.99. The van der Waals surface area contributed by atoms with E-state index in [1.54, 1.807) is 0 Å². The lowest BCUT2D eigenvalue weighted by atomic mass is 9.53. The highest BCUT2D eigenvalue weighted by atomic mass is 16.2. The van der Waals surface area contributed by atoms with Crippen molar-refractivity contribution < 1.29 is 4.79 Å². The van der Waals surface area contributed by atoms with Gasteiger partial charge in [-0.05, 0) is 75.2 Å².